The second-order valence-corrected chi connectivity index (χ2v) is 7.13. The summed E-state index contributed by atoms with van der Waals surface area (Å²) in [6, 6.07) is 10.9. The molecule has 3 aliphatic rings. The third kappa shape index (κ3) is 3.02. The third-order valence-electron chi connectivity index (χ3n) is 5.73. The van der Waals surface area contributed by atoms with Crippen LogP contribution in [0.15, 0.2) is 30.3 Å². The summed E-state index contributed by atoms with van der Waals surface area (Å²) in [7, 11) is 0. The van der Waals surface area contributed by atoms with Crippen LogP contribution in [-0.2, 0) is 9.53 Å². The van der Waals surface area contributed by atoms with Crippen molar-refractivity contribution in [3.63, 3.8) is 0 Å². The number of hydrogen-bond acceptors (Lipinski definition) is 3. The number of rotatable bonds is 2. The van der Waals surface area contributed by atoms with Gasteiger partial charge in [0.1, 0.15) is 0 Å². The molecule has 1 aromatic rings. The van der Waals surface area contributed by atoms with Gasteiger partial charge < -0.3 is 15.0 Å². The van der Waals surface area contributed by atoms with Gasteiger partial charge in [0.2, 0.25) is 5.91 Å². The van der Waals surface area contributed by atoms with Gasteiger partial charge in [0.25, 0.3) is 0 Å². The molecule has 0 bridgehead atoms. The summed E-state index contributed by atoms with van der Waals surface area (Å²) < 4.78 is 6.02. The summed E-state index contributed by atoms with van der Waals surface area (Å²) in [5.41, 5.74) is 1.14. The number of ether oxygens (including phenoxy) is 1. The van der Waals surface area contributed by atoms with Gasteiger partial charge in [0.15, 0.2) is 0 Å². The highest BCUT2D eigenvalue weighted by atomic mass is 16.5. The number of fused-ring (bicyclic) bond motifs is 1. The number of nitrogens with zero attached hydrogens (tertiary/aromatic N) is 1. The van der Waals surface area contributed by atoms with Gasteiger partial charge in [0.05, 0.1) is 12.0 Å². The molecule has 3 heterocycles. The van der Waals surface area contributed by atoms with Crippen molar-refractivity contribution in [1.82, 2.24) is 10.2 Å². The van der Waals surface area contributed by atoms with Gasteiger partial charge in [-0.2, -0.15) is 0 Å². The SMILES string of the molecule is O=C(C1CCCOC1c1ccccc1)N1CCC2NCCC2C1. The van der Waals surface area contributed by atoms with Crippen molar-refractivity contribution >= 4 is 5.91 Å². The minimum Gasteiger partial charge on any atom is -0.373 e. The number of likely N-dealkylation sites (tertiary alicyclic amines) is 1. The number of nitrogens with one attached hydrogen (secondary N) is 1. The predicted octanol–water partition coefficient (Wildman–Crippen LogP) is 2.36. The predicted molar refractivity (Wildman–Crippen MR) is 89.0 cm³/mol. The van der Waals surface area contributed by atoms with Crippen LogP contribution in [0.1, 0.15) is 37.4 Å². The van der Waals surface area contributed by atoms with Gasteiger partial charge in [0, 0.05) is 25.7 Å². The van der Waals surface area contributed by atoms with E-state index < -0.39 is 0 Å². The number of amides is 1. The van der Waals surface area contributed by atoms with Crippen molar-refractivity contribution < 1.29 is 9.53 Å². The van der Waals surface area contributed by atoms with Crippen LogP contribution in [0, 0.1) is 11.8 Å². The Morgan fingerprint density at radius 1 is 1.17 bits per heavy atom. The number of carbonyl (C=O) groups excluding carboxylic acids is 1. The number of piperidine rings is 1. The second-order valence-electron chi connectivity index (χ2n) is 7.13. The zero-order valence-corrected chi connectivity index (χ0v) is 13.6. The maximum atomic E-state index is 13.2. The largest absolute Gasteiger partial charge is 0.373 e. The highest BCUT2D eigenvalue weighted by molar-refractivity contribution is 5.80. The average Bonchev–Trinajstić information content (AvgIpc) is 3.09. The normalized spacial score (nSPS) is 34.2. The monoisotopic (exact) mass is 314 g/mol. The Morgan fingerprint density at radius 3 is 2.91 bits per heavy atom. The van der Waals surface area contributed by atoms with Gasteiger partial charge in [-0.25, -0.2) is 0 Å². The van der Waals surface area contributed by atoms with E-state index in [9.17, 15) is 4.79 Å². The van der Waals surface area contributed by atoms with Crippen molar-refractivity contribution in [1.29, 1.82) is 0 Å². The summed E-state index contributed by atoms with van der Waals surface area (Å²) in [6.07, 6.45) is 4.16. The first kappa shape index (κ1) is 15.2. The molecule has 4 nitrogen and oxygen atoms in total. The van der Waals surface area contributed by atoms with Crippen LogP contribution < -0.4 is 5.32 Å². The van der Waals surface area contributed by atoms with E-state index in [1.165, 1.54) is 6.42 Å². The molecule has 3 aliphatic heterocycles. The highest BCUT2D eigenvalue weighted by Crippen LogP contribution is 2.36. The molecule has 4 atom stereocenters. The summed E-state index contributed by atoms with van der Waals surface area (Å²) in [4.78, 5) is 15.3. The number of hydrogen-bond donors (Lipinski definition) is 1. The van der Waals surface area contributed by atoms with Crippen LogP contribution >= 0.6 is 0 Å². The van der Waals surface area contributed by atoms with Gasteiger partial charge in [-0.1, -0.05) is 30.3 Å². The first-order chi connectivity index (χ1) is 11.3. The Labute approximate surface area is 138 Å². The topological polar surface area (TPSA) is 41.6 Å². The molecule has 4 rings (SSSR count). The fourth-order valence-corrected chi connectivity index (χ4v) is 4.49. The molecule has 0 aromatic heterocycles. The van der Waals surface area contributed by atoms with Crippen LogP contribution in [0.25, 0.3) is 0 Å². The minimum absolute atomic E-state index is 0.0166. The number of benzene rings is 1. The van der Waals surface area contributed by atoms with E-state index in [0.717, 1.165) is 51.1 Å². The fraction of sp³-hybridized carbons (Fsp3) is 0.632. The van der Waals surface area contributed by atoms with Gasteiger partial charge in [-0.05, 0) is 43.7 Å². The van der Waals surface area contributed by atoms with Crippen LogP contribution in [-0.4, -0.2) is 43.1 Å². The van der Waals surface area contributed by atoms with Crippen molar-refractivity contribution in [3.8, 4) is 0 Å². The Kier molecular flexibility index (Phi) is 4.36. The molecule has 124 valence electrons. The summed E-state index contributed by atoms with van der Waals surface area (Å²) in [6.45, 7) is 3.69. The van der Waals surface area contributed by atoms with Gasteiger partial charge in [-0.15, -0.1) is 0 Å². The molecule has 4 unspecified atom stereocenters. The Hall–Kier alpha value is -1.39. The lowest BCUT2D eigenvalue weighted by Crippen LogP contribution is -2.50. The summed E-state index contributed by atoms with van der Waals surface area (Å²) in [5.74, 6) is 0.938. The zero-order chi connectivity index (χ0) is 15.6. The van der Waals surface area contributed by atoms with E-state index >= 15 is 0 Å². The lowest BCUT2D eigenvalue weighted by atomic mass is 9.86. The minimum atomic E-state index is -0.0723. The summed E-state index contributed by atoms with van der Waals surface area (Å²) >= 11 is 0. The van der Waals surface area contributed by atoms with E-state index in [-0.39, 0.29) is 12.0 Å². The molecule has 0 aliphatic carbocycles. The van der Waals surface area contributed by atoms with E-state index in [2.05, 4.69) is 22.3 Å². The van der Waals surface area contributed by atoms with Crippen LogP contribution in [0.2, 0.25) is 0 Å². The van der Waals surface area contributed by atoms with Crippen LogP contribution in [0.5, 0.6) is 0 Å². The Bertz CT molecular complexity index is 548. The maximum absolute atomic E-state index is 13.2. The molecule has 3 fully saturated rings. The van der Waals surface area contributed by atoms with E-state index in [0.29, 0.717) is 17.9 Å². The average molecular weight is 314 g/mol. The summed E-state index contributed by atoms with van der Waals surface area (Å²) in [5, 5.41) is 3.57. The van der Waals surface area contributed by atoms with Crippen molar-refractivity contribution in [3.05, 3.63) is 35.9 Å². The molecule has 1 aromatic carbocycles. The standard InChI is InChI=1S/C19H26N2O2/c22-19(21-11-9-17-15(13-21)8-10-20-17)16-7-4-12-23-18(16)14-5-2-1-3-6-14/h1-3,5-6,15-18,20H,4,7-13H2. The molecule has 0 saturated carbocycles. The molecule has 0 radical (unpaired) electrons. The second kappa shape index (κ2) is 6.62. The quantitative estimate of drug-likeness (QED) is 0.911. The van der Waals surface area contributed by atoms with Crippen molar-refractivity contribution in [2.45, 2.75) is 37.8 Å². The van der Waals surface area contributed by atoms with Gasteiger partial charge >= 0.3 is 0 Å². The lowest BCUT2D eigenvalue weighted by molar-refractivity contribution is -0.147. The Balaban J connectivity index is 1.49. The van der Waals surface area contributed by atoms with E-state index in [1.54, 1.807) is 0 Å². The molecule has 1 amide bonds. The molecular weight excluding hydrogens is 288 g/mol. The van der Waals surface area contributed by atoms with E-state index in [4.69, 9.17) is 4.74 Å². The third-order valence-corrected chi connectivity index (χ3v) is 5.73. The van der Waals surface area contributed by atoms with Crippen molar-refractivity contribution in [2.75, 3.05) is 26.2 Å². The molecule has 0 spiro atoms. The molecule has 1 N–H and O–H groups in total. The Morgan fingerprint density at radius 2 is 2.04 bits per heavy atom. The first-order valence-electron chi connectivity index (χ1n) is 9.01. The zero-order valence-electron chi connectivity index (χ0n) is 13.6. The molecule has 4 heteroatoms. The van der Waals surface area contributed by atoms with E-state index in [1.807, 2.05) is 18.2 Å². The van der Waals surface area contributed by atoms with Crippen LogP contribution in [0.3, 0.4) is 0 Å². The molecule has 23 heavy (non-hydrogen) atoms. The van der Waals surface area contributed by atoms with Gasteiger partial charge in [-0.3, -0.25) is 4.79 Å². The van der Waals surface area contributed by atoms with Crippen molar-refractivity contribution in [2.24, 2.45) is 11.8 Å². The fourth-order valence-electron chi connectivity index (χ4n) is 4.49. The number of carbonyl (C=O) groups is 1. The first-order valence-corrected chi connectivity index (χ1v) is 9.01. The maximum Gasteiger partial charge on any atom is 0.228 e. The van der Waals surface area contributed by atoms with Crippen LogP contribution in [0.4, 0.5) is 0 Å². The molecule has 3 saturated heterocycles. The molecular formula is C19H26N2O2. The smallest absolute Gasteiger partial charge is 0.228 e. The lowest BCUT2D eigenvalue weighted by Gasteiger charge is -2.39. The highest BCUT2D eigenvalue weighted by Gasteiger charge is 2.40.